The summed E-state index contributed by atoms with van der Waals surface area (Å²) in [6.45, 7) is 3.16. The molecule has 0 unspecified atom stereocenters. The zero-order valence-electron chi connectivity index (χ0n) is 11.8. The number of amides is 2. The van der Waals surface area contributed by atoms with Gasteiger partial charge in [0, 0.05) is 18.3 Å². The maximum absolute atomic E-state index is 12.1. The molecule has 0 heterocycles. The monoisotopic (exact) mass is 284 g/mol. The molecule has 0 fully saturated rings. The van der Waals surface area contributed by atoms with Gasteiger partial charge in [-0.15, -0.1) is 0 Å². The Kier molecular flexibility index (Phi) is 4.23. The highest BCUT2D eigenvalue weighted by Crippen LogP contribution is 2.23. The van der Waals surface area contributed by atoms with E-state index in [0.717, 1.165) is 0 Å². The van der Waals surface area contributed by atoms with Gasteiger partial charge in [0.15, 0.2) is 0 Å². The molecule has 5 heteroatoms. The quantitative estimate of drug-likeness (QED) is 0.811. The van der Waals surface area contributed by atoms with Crippen molar-refractivity contribution < 1.29 is 14.7 Å². The summed E-state index contributed by atoms with van der Waals surface area (Å²) in [7, 11) is 0. The molecular weight excluding hydrogens is 268 g/mol. The van der Waals surface area contributed by atoms with E-state index < -0.39 is 0 Å². The number of phenolic OH excluding ortho intramolecular Hbond substituents is 1. The summed E-state index contributed by atoms with van der Waals surface area (Å²) in [6.07, 6.45) is 0. The zero-order chi connectivity index (χ0) is 15.4. The number of benzene rings is 2. The highest BCUT2D eigenvalue weighted by Gasteiger charge is 2.12. The lowest BCUT2D eigenvalue weighted by Gasteiger charge is -2.09. The van der Waals surface area contributed by atoms with E-state index in [0.29, 0.717) is 16.9 Å². The maximum Gasteiger partial charge on any atom is 0.259 e. The Morgan fingerprint density at radius 3 is 2.10 bits per heavy atom. The third-order valence-electron chi connectivity index (χ3n) is 2.95. The normalized spacial score (nSPS) is 10.0. The van der Waals surface area contributed by atoms with Crippen molar-refractivity contribution in [2.45, 2.75) is 13.8 Å². The van der Waals surface area contributed by atoms with Crippen LogP contribution in [0.1, 0.15) is 22.8 Å². The van der Waals surface area contributed by atoms with Crippen molar-refractivity contribution >= 4 is 23.2 Å². The predicted molar refractivity (Wildman–Crippen MR) is 81.5 cm³/mol. The number of carbonyl (C=O) groups excluding carboxylic acids is 2. The van der Waals surface area contributed by atoms with Crippen molar-refractivity contribution in [2.75, 3.05) is 10.6 Å². The first kappa shape index (κ1) is 14.6. The molecule has 0 aliphatic heterocycles. The van der Waals surface area contributed by atoms with Crippen LogP contribution in [0.15, 0.2) is 42.5 Å². The van der Waals surface area contributed by atoms with Gasteiger partial charge in [-0.2, -0.15) is 0 Å². The molecule has 2 aromatic carbocycles. The Morgan fingerprint density at radius 2 is 1.52 bits per heavy atom. The van der Waals surface area contributed by atoms with Gasteiger partial charge in [0.2, 0.25) is 5.91 Å². The summed E-state index contributed by atoms with van der Waals surface area (Å²) in [6, 6.07) is 11.7. The van der Waals surface area contributed by atoms with Crippen LogP contribution in [-0.2, 0) is 4.79 Å². The van der Waals surface area contributed by atoms with E-state index in [1.165, 1.54) is 6.92 Å². The molecule has 0 atom stereocenters. The molecule has 2 amide bonds. The Hall–Kier alpha value is -2.82. The van der Waals surface area contributed by atoms with Crippen molar-refractivity contribution in [1.29, 1.82) is 0 Å². The summed E-state index contributed by atoms with van der Waals surface area (Å²) in [5.41, 5.74) is 2.10. The second-order valence-electron chi connectivity index (χ2n) is 4.68. The Morgan fingerprint density at radius 1 is 0.952 bits per heavy atom. The van der Waals surface area contributed by atoms with Gasteiger partial charge in [0.1, 0.15) is 5.75 Å². The highest BCUT2D eigenvalue weighted by molar-refractivity contribution is 6.06. The molecule has 108 valence electrons. The number of phenols is 1. The second-order valence-corrected chi connectivity index (χ2v) is 4.68. The molecule has 0 aliphatic rings. The van der Waals surface area contributed by atoms with Gasteiger partial charge >= 0.3 is 0 Å². The number of hydrogen-bond donors (Lipinski definition) is 3. The van der Waals surface area contributed by atoms with E-state index in [4.69, 9.17) is 0 Å². The van der Waals surface area contributed by atoms with E-state index in [1.807, 2.05) is 0 Å². The summed E-state index contributed by atoms with van der Waals surface area (Å²) >= 11 is 0. The summed E-state index contributed by atoms with van der Waals surface area (Å²) in [4.78, 5) is 23.0. The van der Waals surface area contributed by atoms with Crippen LogP contribution in [0, 0.1) is 6.92 Å². The molecule has 0 radical (unpaired) electrons. The number of hydrogen-bond acceptors (Lipinski definition) is 3. The lowest BCUT2D eigenvalue weighted by molar-refractivity contribution is -0.114. The predicted octanol–water partition coefficient (Wildman–Crippen LogP) is 2.91. The van der Waals surface area contributed by atoms with Gasteiger partial charge in [-0.05, 0) is 42.8 Å². The van der Waals surface area contributed by atoms with Crippen LogP contribution in [0.3, 0.4) is 0 Å². The SMILES string of the molecule is CC(=O)Nc1ccc(NC(=O)c2cccc(C)c2O)cc1. The number of nitrogens with one attached hydrogen (secondary N) is 2. The molecule has 3 N–H and O–H groups in total. The van der Waals surface area contributed by atoms with Crippen LogP contribution >= 0.6 is 0 Å². The van der Waals surface area contributed by atoms with E-state index in [-0.39, 0.29) is 23.1 Å². The van der Waals surface area contributed by atoms with Gasteiger partial charge in [-0.3, -0.25) is 9.59 Å². The van der Waals surface area contributed by atoms with Crippen LogP contribution in [0.25, 0.3) is 0 Å². The molecular formula is C16H16N2O3. The largest absolute Gasteiger partial charge is 0.507 e. The lowest BCUT2D eigenvalue weighted by Crippen LogP contribution is -2.12. The van der Waals surface area contributed by atoms with E-state index >= 15 is 0 Å². The van der Waals surface area contributed by atoms with Crippen LogP contribution in [0.5, 0.6) is 5.75 Å². The van der Waals surface area contributed by atoms with Crippen LogP contribution in [-0.4, -0.2) is 16.9 Å². The second kappa shape index (κ2) is 6.09. The number of aromatic hydroxyl groups is 1. The molecule has 0 bridgehead atoms. The fraction of sp³-hybridized carbons (Fsp3) is 0.125. The van der Waals surface area contributed by atoms with Gasteiger partial charge in [-0.1, -0.05) is 12.1 Å². The topological polar surface area (TPSA) is 78.4 Å². The summed E-state index contributed by atoms with van der Waals surface area (Å²) in [5.74, 6) is -0.565. The molecule has 0 aliphatic carbocycles. The number of para-hydroxylation sites is 1. The van der Waals surface area contributed by atoms with Crippen LogP contribution < -0.4 is 10.6 Å². The summed E-state index contributed by atoms with van der Waals surface area (Å²) < 4.78 is 0. The molecule has 0 spiro atoms. The molecule has 5 nitrogen and oxygen atoms in total. The molecule has 2 rings (SSSR count). The number of aryl methyl sites for hydroxylation is 1. The van der Waals surface area contributed by atoms with Crippen LogP contribution in [0.2, 0.25) is 0 Å². The molecule has 0 saturated heterocycles. The van der Waals surface area contributed by atoms with E-state index in [9.17, 15) is 14.7 Å². The van der Waals surface area contributed by atoms with Crippen molar-refractivity contribution in [3.8, 4) is 5.75 Å². The molecule has 0 aromatic heterocycles. The first-order valence-corrected chi connectivity index (χ1v) is 6.45. The standard InChI is InChI=1S/C16H16N2O3/c1-10-4-3-5-14(15(10)20)16(21)18-13-8-6-12(7-9-13)17-11(2)19/h3-9,20H,1-2H3,(H,17,19)(H,18,21). The van der Waals surface area contributed by atoms with Gasteiger partial charge < -0.3 is 15.7 Å². The number of rotatable bonds is 3. The Labute approximate surface area is 122 Å². The number of carbonyl (C=O) groups is 2. The van der Waals surface area contributed by atoms with Crippen LogP contribution in [0.4, 0.5) is 11.4 Å². The minimum Gasteiger partial charge on any atom is -0.507 e. The summed E-state index contributed by atoms with van der Waals surface area (Å²) in [5, 5.41) is 15.2. The Bertz CT molecular complexity index is 678. The molecule has 2 aromatic rings. The maximum atomic E-state index is 12.1. The van der Waals surface area contributed by atoms with Crippen molar-refractivity contribution in [2.24, 2.45) is 0 Å². The highest BCUT2D eigenvalue weighted by atomic mass is 16.3. The third-order valence-corrected chi connectivity index (χ3v) is 2.95. The Balaban J connectivity index is 2.12. The van der Waals surface area contributed by atoms with E-state index in [1.54, 1.807) is 49.4 Å². The average Bonchev–Trinajstić information content (AvgIpc) is 2.43. The smallest absolute Gasteiger partial charge is 0.259 e. The van der Waals surface area contributed by atoms with Crippen molar-refractivity contribution in [3.63, 3.8) is 0 Å². The molecule has 0 saturated carbocycles. The van der Waals surface area contributed by atoms with E-state index in [2.05, 4.69) is 10.6 Å². The van der Waals surface area contributed by atoms with Crippen molar-refractivity contribution in [1.82, 2.24) is 0 Å². The van der Waals surface area contributed by atoms with Gasteiger partial charge in [-0.25, -0.2) is 0 Å². The first-order valence-electron chi connectivity index (χ1n) is 6.45. The van der Waals surface area contributed by atoms with Crippen molar-refractivity contribution in [3.05, 3.63) is 53.6 Å². The first-order chi connectivity index (χ1) is 9.97. The lowest BCUT2D eigenvalue weighted by atomic mass is 10.1. The van der Waals surface area contributed by atoms with Gasteiger partial charge in [0.25, 0.3) is 5.91 Å². The third kappa shape index (κ3) is 3.60. The zero-order valence-corrected chi connectivity index (χ0v) is 11.8. The molecule has 21 heavy (non-hydrogen) atoms. The van der Waals surface area contributed by atoms with Gasteiger partial charge in [0.05, 0.1) is 5.56 Å². The minimum absolute atomic E-state index is 0.0233. The average molecular weight is 284 g/mol. The number of anilines is 2. The fourth-order valence-electron chi connectivity index (χ4n) is 1.88. The minimum atomic E-state index is -0.386. The fourth-order valence-corrected chi connectivity index (χ4v) is 1.88.